The van der Waals surface area contributed by atoms with E-state index in [0.717, 1.165) is 69.3 Å². The number of amides is 1. The van der Waals surface area contributed by atoms with Crippen molar-refractivity contribution in [2.24, 2.45) is 4.99 Å². The molecule has 7 heteroatoms. The minimum Gasteiger partial charge on any atom is -0.488 e. The van der Waals surface area contributed by atoms with E-state index < -0.39 is 0 Å². The summed E-state index contributed by atoms with van der Waals surface area (Å²) in [4.78, 5) is 18.4. The molecule has 2 aliphatic rings. The van der Waals surface area contributed by atoms with Crippen molar-refractivity contribution >= 4 is 11.9 Å². The third-order valence-electron chi connectivity index (χ3n) is 5.22. The fourth-order valence-corrected chi connectivity index (χ4v) is 3.61. The molecule has 1 amide bonds. The van der Waals surface area contributed by atoms with Gasteiger partial charge in [0.2, 0.25) is 5.91 Å². The molecule has 0 aliphatic carbocycles. The molecule has 0 spiro atoms. The van der Waals surface area contributed by atoms with Crippen LogP contribution in [0.5, 0.6) is 5.75 Å². The van der Waals surface area contributed by atoms with Crippen LogP contribution < -0.4 is 15.4 Å². The maximum absolute atomic E-state index is 11.7. The quantitative estimate of drug-likeness (QED) is 0.376. The Bertz CT molecular complexity index is 701. The van der Waals surface area contributed by atoms with Crippen molar-refractivity contribution in [3.63, 3.8) is 0 Å². The fraction of sp³-hybridized carbons (Fsp3) is 0.636. The highest BCUT2D eigenvalue weighted by atomic mass is 16.5. The lowest BCUT2D eigenvalue weighted by Crippen LogP contribution is -2.39. The molecule has 2 N–H and O–H groups in total. The molecule has 3 rings (SSSR count). The van der Waals surface area contributed by atoms with Crippen LogP contribution in [0.25, 0.3) is 0 Å². The lowest BCUT2D eigenvalue weighted by molar-refractivity contribution is -0.127. The molecule has 0 saturated carbocycles. The SMILES string of the molecule is CCNC(=NCc1ccc(C)cc1OC1CCOC1)NCCCN1CCCC1=O. The molecular weight excluding hydrogens is 368 g/mol. The topological polar surface area (TPSA) is 75.2 Å². The Kier molecular flexibility index (Phi) is 8.16. The molecular formula is C22H34N4O3. The van der Waals surface area contributed by atoms with Gasteiger partial charge < -0.3 is 25.0 Å². The van der Waals surface area contributed by atoms with Gasteiger partial charge in [-0.15, -0.1) is 0 Å². The molecule has 0 radical (unpaired) electrons. The second kappa shape index (κ2) is 11.0. The van der Waals surface area contributed by atoms with Crippen LogP contribution in [-0.4, -0.2) is 62.3 Å². The Morgan fingerprint density at radius 3 is 3.00 bits per heavy atom. The van der Waals surface area contributed by atoms with Gasteiger partial charge >= 0.3 is 0 Å². The Hall–Kier alpha value is -2.28. The lowest BCUT2D eigenvalue weighted by atomic mass is 10.1. The van der Waals surface area contributed by atoms with Gasteiger partial charge in [0.15, 0.2) is 5.96 Å². The standard InChI is InChI=1S/C22H34N4O3/c1-3-23-22(24-10-5-12-26-11-4-6-21(26)27)25-15-18-8-7-17(2)14-20(18)29-19-9-13-28-16-19/h7-8,14,19H,3-6,9-13,15-16H2,1-2H3,(H2,23,24,25). The van der Waals surface area contributed by atoms with Gasteiger partial charge in [-0.3, -0.25) is 4.79 Å². The van der Waals surface area contributed by atoms with Gasteiger partial charge in [0.1, 0.15) is 11.9 Å². The number of guanidine groups is 1. The zero-order valence-corrected chi connectivity index (χ0v) is 17.7. The van der Waals surface area contributed by atoms with Gasteiger partial charge in [0, 0.05) is 44.6 Å². The van der Waals surface area contributed by atoms with Gasteiger partial charge in [-0.25, -0.2) is 4.99 Å². The average Bonchev–Trinajstić information content (AvgIpc) is 3.36. The molecule has 1 aromatic carbocycles. The fourth-order valence-electron chi connectivity index (χ4n) is 3.61. The Labute approximate surface area is 173 Å². The minimum atomic E-state index is 0.124. The molecule has 2 fully saturated rings. The van der Waals surface area contributed by atoms with Gasteiger partial charge in [-0.1, -0.05) is 12.1 Å². The van der Waals surface area contributed by atoms with Crippen LogP contribution in [0.15, 0.2) is 23.2 Å². The molecule has 2 aliphatic heterocycles. The first kappa shape index (κ1) is 21.4. The van der Waals surface area contributed by atoms with Crippen molar-refractivity contribution in [1.29, 1.82) is 0 Å². The number of nitrogens with one attached hydrogen (secondary N) is 2. The molecule has 2 saturated heterocycles. The number of ether oxygens (including phenoxy) is 2. The number of benzene rings is 1. The number of hydrogen-bond acceptors (Lipinski definition) is 4. The van der Waals surface area contributed by atoms with Crippen LogP contribution >= 0.6 is 0 Å². The molecule has 160 valence electrons. The largest absolute Gasteiger partial charge is 0.488 e. The van der Waals surface area contributed by atoms with Crippen molar-refractivity contribution in [1.82, 2.24) is 15.5 Å². The number of likely N-dealkylation sites (tertiary alicyclic amines) is 1. The second-order valence-corrected chi connectivity index (χ2v) is 7.67. The highest BCUT2D eigenvalue weighted by Crippen LogP contribution is 2.24. The third kappa shape index (κ3) is 6.63. The van der Waals surface area contributed by atoms with Crippen LogP contribution in [0, 0.1) is 6.92 Å². The van der Waals surface area contributed by atoms with Gasteiger partial charge in [-0.05, 0) is 38.3 Å². The van der Waals surface area contributed by atoms with Crippen molar-refractivity contribution in [3.8, 4) is 5.75 Å². The second-order valence-electron chi connectivity index (χ2n) is 7.67. The molecule has 1 atom stereocenters. The van der Waals surface area contributed by atoms with E-state index in [1.807, 2.05) is 4.90 Å². The van der Waals surface area contributed by atoms with Crippen molar-refractivity contribution in [2.75, 3.05) is 39.4 Å². The summed E-state index contributed by atoms with van der Waals surface area (Å²) in [6.07, 6.45) is 3.66. The number of aliphatic imine (C=N–C) groups is 1. The molecule has 29 heavy (non-hydrogen) atoms. The first-order valence-corrected chi connectivity index (χ1v) is 10.8. The van der Waals surface area contributed by atoms with E-state index in [1.54, 1.807) is 0 Å². The lowest BCUT2D eigenvalue weighted by Gasteiger charge is -2.17. The van der Waals surface area contributed by atoms with Gasteiger partial charge in [0.25, 0.3) is 0 Å². The van der Waals surface area contributed by atoms with E-state index in [1.165, 1.54) is 5.56 Å². The van der Waals surface area contributed by atoms with Crippen molar-refractivity contribution < 1.29 is 14.3 Å². The number of hydrogen-bond donors (Lipinski definition) is 2. The van der Waals surface area contributed by atoms with E-state index >= 15 is 0 Å². The molecule has 0 aromatic heterocycles. The average molecular weight is 403 g/mol. The summed E-state index contributed by atoms with van der Waals surface area (Å²) in [5.74, 6) is 1.97. The Morgan fingerprint density at radius 2 is 2.28 bits per heavy atom. The molecule has 7 nitrogen and oxygen atoms in total. The van der Waals surface area contributed by atoms with Gasteiger partial charge in [0.05, 0.1) is 19.8 Å². The predicted octanol–water partition coefficient (Wildman–Crippen LogP) is 2.23. The van der Waals surface area contributed by atoms with Crippen LogP contribution in [0.3, 0.4) is 0 Å². The number of rotatable bonds is 9. The number of carbonyl (C=O) groups excluding carboxylic acids is 1. The highest BCUT2D eigenvalue weighted by Gasteiger charge is 2.20. The molecule has 2 heterocycles. The van der Waals surface area contributed by atoms with E-state index in [2.05, 4.69) is 42.7 Å². The van der Waals surface area contributed by atoms with Crippen LogP contribution in [0.1, 0.15) is 43.7 Å². The van der Waals surface area contributed by atoms with Crippen molar-refractivity contribution in [3.05, 3.63) is 29.3 Å². The van der Waals surface area contributed by atoms with E-state index in [4.69, 9.17) is 14.5 Å². The van der Waals surface area contributed by atoms with E-state index in [-0.39, 0.29) is 12.0 Å². The van der Waals surface area contributed by atoms with Gasteiger partial charge in [-0.2, -0.15) is 0 Å². The zero-order chi connectivity index (χ0) is 20.5. The zero-order valence-electron chi connectivity index (χ0n) is 17.7. The van der Waals surface area contributed by atoms with Crippen molar-refractivity contribution in [2.45, 2.75) is 52.2 Å². The summed E-state index contributed by atoms with van der Waals surface area (Å²) in [5.41, 5.74) is 2.25. The number of nitrogens with zero attached hydrogens (tertiary/aromatic N) is 2. The number of carbonyl (C=O) groups is 1. The van der Waals surface area contributed by atoms with Crippen LogP contribution in [-0.2, 0) is 16.1 Å². The molecule has 1 aromatic rings. The predicted molar refractivity (Wildman–Crippen MR) is 114 cm³/mol. The monoisotopic (exact) mass is 402 g/mol. The smallest absolute Gasteiger partial charge is 0.222 e. The highest BCUT2D eigenvalue weighted by molar-refractivity contribution is 5.80. The molecule has 0 bridgehead atoms. The Morgan fingerprint density at radius 1 is 1.38 bits per heavy atom. The minimum absolute atomic E-state index is 0.124. The molecule has 1 unspecified atom stereocenters. The Balaban J connectivity index is 1.54. The number of aryl methyl sites for hydroxylation is 1. The summed E-state index contributed by atoms with van der Waals surface area (Å²) < 4.78 is 11.6. The summed E-state index contributed by atoms with van der Waals surface area (Å²) in [6.45, 7) is 9.38. The first-order valence-electron chi connectivity index (χ1n) is 10.8. The summed E-state index contributed by atoms with van der Waals surface area (Å²) in [5, 5.41) is 6.67. The van der Waals surface area contributed by atoms with E-state index in [9.17, 15) is 4.79 Å². The third-order valence-corrected chi connectivity index (χ3v) is 5.22. The van der Waals surface area contributed by atoms with Crippen LogP contribution in [0.2, 0.25) is 0 Å². The van der Waals surface area contributed by atoms with Crippen LogP contribution in [0.4, 0.5) is 0 Å². The maximum atomic E-state index is 11.7. The van der Waals surface area contributed by atoms with E-state index in [0.29, 0.717) is 19.6 Å². The normalized spacial score (nSPS) is 19.7. The summed E-state index contributed by atoms with van der Waals surface area (Å²) in [6, 6.07) is 6.26. The first-order chi connectivity index (χ1) is 14.2. The summed E-state index contributed by atoms with van der Waals surface area (Å²) in [7, 11) is 0. The maximum Gasteiger partial charge on any atom is 0.222 e. The summed E-state index contributed by atoms with van der Waals surface area (Å²) >= 11 is 0.